The first-order chi connectivity index (χ1) is 8.28. The van der Waals surface area contributed by atoms with E-state index in [1.165, 1.54) is 49.9 Å². The van der Waals surface area contributed by atoms with Gasteiger partial charge in [-0.05, 0) is 55.0 Å². The van der Waals surface area contributed by atoms with E-state index < -0.39 is 0 Å². The van der Waals surface area contributed by atoms with Crippen LogP contribution >= 0.6 is 0 Å². The van der Waals surface area contributed by atoms with Crippen molar-refractivity contribution in [3.05, 3.63) is 29.3 Å². The molecule has 2 unspecified atom stereocenters. The number of hydrogen-bond acceptors (Lipinski definition) is 2. The molecule has 2 heteroatoms. The SMILES string of the molecule is CCC1CCN(C2CCc3cc(N)ccc32)C1. The van der Waals surface area contributed by atoms with Gasteiger partial charge in [-0.3, -0.25) is 4.90 Å². The van der Waals surface area contributed by atoms with Crippen molar-refractivity contribution in [2.24, 2.45) is 5.92 Å². The Bertz CT molecular complexity index is 413. The molecule has 1 fully saturated rings. The highest BCUT2D eigenvalue weighted by Crippen LogP contribution is 2.39. The summed E-state index contributed by atoms with van der Waals surface area (Å²) >= 11 is 0. The summed E-state index contributed by atoms with van der Waals surface area (Å²) in [7, 11) is 0. The van der Waals surface area contributed by atoms with Crippen molar-refractivity contribution in [1.29, 1.82) is 0 Å². The second kappa shape index (κ2) is 4.34. The molecule has 2 atom stereocenters. The largest absolute Gasteiger partial charge is 0.399 e. The minimum absolute atomic E-state index is 0.669. The number of fused-ring (bicyclic) bond motifs is 1. The van der Waals surface area contributed by atoms with E-state index in [0.29, 0.717) is 6.04 Å². The van der Waals surface area contributed by atoms with Gasteiger partial charge in [-0.2, -0.15) is 0 Å². The summed E-state index contributed by atoms with van der Waals surface area (Å²) < 4.78 is 0. The van der Waals surface area contributed by atoms with E-state index in [2.05, 4.69) is 30.0 Å². The quantitative estimate of drug-likeness (QED) is 0.791. The normalized spacial score (nSPS) is 28.5. The fourth-order valence-electron chi connectivity index (χ4n) is 3.47. The van der Waals surface area contributed by atoms with Crippen LogP contribution in [0.25, 0.3) is 0 Å². The summed E-state index contributed by atoms with van der Waals surface area (Å²) in [5, 5.41) is 0. The van der Waals surface area contributed by atoms with Gasteiger partial charge in [-0.25, -0.2) is 0 Å². The molecule has 1 aromatic rings. The Kier molecular flexibility index (Phi) is 2.83. The third-order valence-electron chi connectivity index (χ3n) is 4.55. The molecule has 1 saturated heterocycles. The molecule has 0 saturated carbocycles. The Hall–Kier alpha value is -1.02. The van der Waals surface area contributed by atoms with E-state index in [4.69, 9.17) is 5.73 Å². The van der Waals surface area contributed by atoms with Gasteiger partial charge in [0.25, 0.3) is 0 Å². The molecule has 3 rings (SSSR count). The van der Waals surface area contributed by atoms with Gasteiger partial charge < -0.3 is 5.73 Å². The predicted octanol–water partition coefficient (Wildman–Crippen LogP) is 2.99. The fourth-order valence-corrected chi connectivity index (χ4v) is 3.47. The zero-order valence-electron chi connectivity index (χ0n) is 10.7. The standard InChI is InChI=1S/C15H22N2/c1-2-11-7-8-17(10-11)15-6-3-12-9-13(16)4-5-14(12)15/h4-5,9,11,15H,2-3,6-8,10,16H2,1H3. The Morgan fingerprint density at radius 2 is 2.24 bits per heavy atom. The second-order valence-corrected chi connectivity index (χ2v) is 5.57. The van der Waals surface area contributed by atoms with Gasteiger partial charge in [0.2, 0.25) is 0 Å². The molecule has 0 spiro atoms. The highest BCUT2D eigenvalue weighted by molar-refractivity contribution is 5.47. The third kappa shape index (κ3) is 1.95. The molecule has 2 N–H and O–H groups in total. The molecule has 92 valence electrons. The van der Waals surface area contributed by atoms with Crippen LogP contribution < -0.4 is 5.73 Å². The Balaban J connectivity index is 1.80. The zero-order chi connectivity index (χ0) is 11.8. The number of likely N-dealkylation sites (tertiary alicyclic amines) is 1. The van der Waals surface area contributed by atoms with Gasteiger partial charge in [0.1, 0.15) is 0 Å². The first kappa shape index (κ1) is 11.1. The highest BCUT2D eigenvalue weighted by atomic mass is 15.2. The Morgan fingerprint density at radius 1 is 1.35 bits per heavy atom. The van der Waals surface area contributed by atoms with Crippen molar-refractivity contribution in [2.75, 3.05) is 18.8 Å². The van der Waals surface area contributed by atoms with Gasteiger partial charge in [-0.1, -0.05) is 19.4 Å². The lowest BCUT2D eigenvalue weighted by Crippen LogP contribution is -2.25. The summed E-state index contributed by atoms with van der Waals surface area (Å²) in [6, 6.07) is 7.15. The van der Waals surface area contributed by atoms with Crippen LogP contribution in [0.2, 0.25) is 0 Å². The molecule has 0 aromatic heterocycles. The minimum atomic E-state index is 0.669. The molecule has 2 aliphatic rings. The first-order valence-electron chi connectivity index (χ1n) is 6.90. The van der Waals surface area contributed by atoms with Crippen LogP contribution in [0, 0.1) is 5.92 Å². The van der Waals surface area contributed by atoms with E-state index in [1.807, 2.05) is 0 Å². The van der Waals surface area contributed by atoms with Crippen LogP contribution in [0.15, 0.2) is 18.2 Å². The molecular formula is C15H22N2. The number of hydrogen-bond donors (Lipinski definition) is 1. The van der Waals surface area contributed by atoms with E-state index in [0.717, 1.165) is 11.6 Å². The van der Waals surface area contributed by atoms with Crippen molar-refractivity contribution in [1.82, 2.24) is 4.90 Å². The van der Waals surface area contributed by atoms with Crippen molar-refractivity contribution in [2.45, 2.75) is 38.6 Å². The van der Waals surface area contributed by atoms with E-state index in [9.17, 15) is 0 Å². The number of nitrogens with two attached hydrogens (primary N) is 1. The predicted molar refractivity (Wildman–Crippen MR) is 71.9 cm³/mol. The molecule has 0 bridgehead atoms. The molecule has 1 aliphatic carbocycles. The van der Waals surface area contributed by atoms with Crippen LogP contribution in [0.3, 0.4) is 0 Å². The van der Waals surface area contributed by atoms with Gasteiger partial charge >= 0.3 is 0 Å². The maximum absolute atomic E-state index is 5.86. The van der Waals surface area contributed by atoms with Gasteiger partial charge in [0, 0.05) is 18.3 Å². The summed E-state index contributed by atoms with van der Waals surface area (Å²) in [5.41, 5.74) is 9.79. The molecule has 1 aliphatic heterocycles. The summed E-state index contributed by atoms with van der Waals surface area (Å²) in [6.45, 7) is 4.90. The van der Waals surface area contributed by atoms with Gasteiger partial charge in [0.05, 0.1) is 0 Å². The smallest absolute Gasteiger partial charge is 0.0354 e. The van der Waals surface area contributed by atoms with E-state index in [1.54, 1.807) is 0 Å². The van der Waals surface area contributed by atoms with Crippen molar-refractivity contribution in [3.63, 3.8) is 0 Å². The summed E-state index contributed by atoms with van der Waals surface area (Å²) in [6.07, 6.45) is 5.21. The number of aryl methyl sites for hydroxylation is 1. The van der Waals surface area contributed by atoms with E-state index >= 15 is 0 Å². The molecule has 2 nitrogen and oxygen atoms in total. The average Bonchev–Trinajstić information content (AvgIpc) is 2.93. The molecule has 1 heterocycles. The number of anilines is 1. The molecule has 17 heavy (non-hydrogen) atoms. The zero-order valence-corrected chi connectivity index (χ0v) is 10.7. The fraction of sp³-hybridized carbons (Fsp3) is 0.600. The van der Waals surface area contributed by atoms with Crippen molar-refractivity contribution < 1.29 is 0 Å². The topological polar surface area (TPSA) is 29.3 Å². The van der Waals surface area contributed by atoms with Crippen LogP contribution in [0.5, 0.6) is 0 Å². The molecule has 0 radical (unpaired) electrons. The number of nitrogens with zero attached hydrogens (tertiary/aromatic N) is 1. The Labute approximate surface area is 104 Å². The second-order valence-electron chi connectivity index (χ2n) is 5.57. The van der Waals surface area contributed by atoms with Crippen molar-refractivity contribution >= 4 is 5.69 Å². The lowest BCUT2D eigenvalue weighted by Gasteiger charge is -2.24. The average molecular weight is 230 g/mol. The van der Waals surface area contributed by atoms with Gasteiger partial charge in [0.15, 0.2) is 0 Å². The maximum Gasteiger partial charge on any atom is 0.0354 e. The lowest BCUT2D eigenvalue weighted by molar-refractivity contribution is 0.235. The third-order valence-corrected chi connectivity index (χ3v) is 4.55. The minimum Gasteiger partial charge on any atom is -0.399 e. The van der Waals surface area contributed by atoms with Crippen LogP contribution in [-0.2, 0) is 6.42 Å². The Morgan fingerprint density at radius 3 is 3.00 bits per heavy atom. The van der Waals surface area contributed by atoms with Crippen molar-refractivity contribution in [3.8, 4) is 0 Å². The molecule has 1 aromatic carbocycles. The lowest BCUT2D eigenvalue weighted by atomic mass is 10.1. The first-order valence-corrected chi connectivity index (χ1v) is 6.90. The molecule has 0 amide bonds. The highest BCUT2D eigenvalue weighted by Gasteiger charge is 2.32. The monoisotopic (exact) mass is 230 g/mol. The number of nitrogen functional groups attached to an aromatic ring is 1. The van der Waals surface area contributed by atoms with Gasteiger partial charge in [-0.15, -0.1) is 0 Å². The van der Waals surface area contributed by atoms with Crippen LogP contribution in [0.4, 0.5) is 5.69 Å². The maximum atomic E-state index is 5.86. The molecular weight excluding hydrogens is 208 g/mol. The number of benzene rings is 1. The number of rotatable bonds is 2. The summed E-state index contributed by atoms with van der Waals surface area (Å²) in [4.78, 5) is 2.69. The van der Waals surface area contributed by atoms with Crippen LogP contribution in [-0.4, -0.2) is 18.0 Å². The van der Waals surface area contributed by atoms with E-state index in [-0.39, 0.29) is 0 Å². The summed E-state index contributed by atoms with van der Waals surface area (Å²) in [5.74, 6) is 0.924. The van der Waals surface area contributed by atoms with Crippen LogP contribution in [0.1, 0.15) is 43.4 Å².